The van der Waals surface area contributed by atoms with Gasteiger partial charge in [0.25, 0.3) is 0 Å². The number of likely N-dealkylation sites (N-methyl/N-ethyl adjacent to an activating group) is 1. The van der Waals surface area contributed by atoms with Crippen LogP contribution in [0.25, 0.3) is 0 Å². The Morgan fingerprint density at radius 1 is 1.33 bits per heavy atom. The van der Waals surface area contributed by atoms with Gasteiger partial charge in [0.2, 0.25) is 5.91 Å². The summed E-state index contributed by atoms with van der Waals surface area (Å²) in [5.41, 5.74) is 0. The second kappa shape index (κ2) is 4.79. The maximum atomic E-state index is 11.8. The van der Waals surface area contributed by atoms with E-state index in [0.717, 1.165) is 26.1 Å². The molecule has 84 valence electrons. The van der Waals surface area contributed by atoms with E-state index in [2.05, 4.69) is 29.7 Å². The average molecular weight is 208 g/mol. The Balaban J connectivity index is 1.70. The summed E-state index contributed by atoms with van der Waals surface area (Å²) < 4.78 is 0. The fourth-order valence-electron chi connectivity index (χ4n) is 2.66. The molecule has 1 fully saturated rings. The minimum Gasteiger partial charge on any atom is -0.355 e. The highest BCUT2D eigenvalue weighted by Gasteiger charge is 2.39. The zero-order valence-corrected chi connectivity index (χ0v) is 9.33. The van der Waals surface area contributed by atoms with E-state index in [9.17, 15) is 4.79 Å². The molecule has 0 heterocycles. The van der Waals surface area contributed by atoms with Crippen LogP contribution in [0.3, 0.4) is 0 Å². The minimum absolute atomic E-state index is 0.252. The minimum atomic E-state index is 0.252. The van der Waals surface area contributed by atoms with E-state index in [4.69, 9.17) is 0 Å². The van der Waals surface area contributed by atoms with Crippen molar-refractivity contribution in [2.45, 2.75) is 19.8 Å². The second-order valence-electron chi connectivity index (χ2n) is 4.53. The van der Waals surface area contributed by atoms with E-state index in [0.29, 0.717) is 11.8 Å². The SMILES string of the molecule is CCNCCNC(=O)C1CC2C=CC1C2. The fraction of sp³-hybridized carbons (Fsp3) is 0.750. The Kier molecular flexibility index (Phi) is 3.41. The Morgan fingerprint density at radius 3 is 2.80 bits per heavy atom. The summed E-state index contributed by atoms with van der Waals surface area (Å²) in [7, 11) is 0. The predicted octanol–water partition coefficient (Wildman–Crippen LogP) is 0.924. The van der Waals surface area contributed by atoms with E-state index >= 15 is 0 Å². The lowest BCUT2D eigenvalue weighted by molar-refractivity contribution is -0.125. The molecular formula is C12H20N2O. The first-order chi connectivity index (χ1) is 7.31. The second-order valence-corrected chi connectivity index (χ2v) is 4.53. The molecule has 0 aromatic rings. The molecule has 3 atom stereocenters. The molecule has 0 radical (unpaired) electrons. The fourth-order valence-corrected chi connectivity index (χ4v) is 2.66. The van der Waals surface area contributed by atoms with Crippen LogP contribution in [-0.4, -0.2) is 25.5 Å². The van der Waals surface area contributed by atoms with Crippen molar-refractivity contribution in [3.63, 3.8) is 0 Å². The summed E-state index contributed by atoms with van der Waals surface area (Å²) in [6.07, 6.45) is 6.76. The number of hydrogen-bond donors (Lipinski definition) is 2. The highest BCUT2D eigenvalue weighted by atomic mass is 16.1. The Morgan fingerprint density at radius 2 is 2.20 bits per heavy atom. The number of carbonyl (C=O) groups excluding carboxylic acids is 1. The number of allylic oxidation sites excluding steroid dienone is 2. The quantitative estimate of drug-likeness (QED) is 0.521. The molecule has 0 saturated heterocycles. The van der Waals surface area contributed by atoms with Crippen molar-refractivity contribution in [1.82, 2.24) is 10.6 Å². The summed E-state index contributed by atoms with van der Waals surface area (Å²) in [5.74, 6) is 1.71. The predicted molar refractivity (Wildman–Crippen MR) is 60.4 cm³/mol. The Labute approximate surface area is 91.3 Å². The van der Waals surface area contributed by atoms with Crippen LogP contribution in [0.15, 0.2) is 12.2 Å². The third kappa shape index (κ3) is 2.40. The van der Waals surface area contributed by atoms with E-state index in [1.807, 2.05) is 0 Å². The normalized spacial score (nSPS) is 32.2. The van der Waals surface area contributed by atoms with Gasteiger partial charge in [0.1, 0.15) is 0 Å². The number of fused-ring (bicyclic) bond motifs is 2. The molecule has 2 bridgehead atoms. The lowest BCUT2D eigenvalue weighted by atomic mass is 9.93. The molecule has 1 saturated carbocycles. The molecule has 0 aromatic heterocycles. The zero-order chi connectivity index (χ0) is 10.7. The van der Waals surface area contributed by atoms with Crippen molar-refractivity contribution < 1.29 is 4.79 Å². The van der Waals surface area contributed by atoms with Gasteiger partial charge >= 0.3 is 0 Å². The molecule has 2 aliphatic rings. The average Bonchev–Trinajstić information content (AvgIpc) is 2.85. The van der Waals surface area contributed by atoms with Crippen LogP contribution in [0.2, 0.25) is 0 Å². The van der Waals surface area contributed by atoms with Crippen LogP contribution in [0.4, 0.5) is 0 Å². The Bertz CT molecular complexity index is 262. The molecule has 3 unspecified atom stereocenters. The summed E-state index contributed by atoms with van der Waals surface area (Å²) in [5, 5.41) is 6.21. The molecule has 3 nitrogen and oxygen atoms in total. The topological polar surface area (TPSA) is 41.1 Å². The summed E-state index contributed by atoms with van der Waals surface area (Å²) in [6.45, 7) is 4.67. The molecule has 2 rings (SSSR count). The number of nitrogens with one attached hydrogen (secondary N) is 2. The molecule has 1 amide bonds. The van der Waals surface area contributed by atoms with Crippen molar-refractivity contribution in [2.24, 2.45) is 17.8 Å². The smallest absolute Gasteiger partial charge is 0.223 e. The van der Waals surface area contributed by atoms with Gasteiger partial charge < -0.3 is 10.6 Å². The van der Waals surface area contributed by atoms with Crippen LogP contribution in [-0.2, 0) is 4.79 Å². The van der Waals surface area contributed by atoms with Gasteiger partial charge in [-0.15, -0.1) is 0 Å². The van der Waals surface area contributed by atoms with Crippen LogP contribution in [0.5, 0.6) is 0 Å². The van der Waals surface area contributed by atoms with Gasteiger partial charge in [0.15, 0.2) is 0 Å². The lowest BCUT2D eigenvalue weighted by Gasteiger charge is -2.17. The summed E-state index contributed by atoms with van der Waals surface area (Å²) in [6, 6.07) is 0. The van der Waals surface area contributed by atoms with E-state index in [1.165, 1.54) is 6.42 Å². The molecule has 2 N–H and O–H groups in total. The van der Waals surface area contributed by atoms with E-state index < -0.39 is 0 Å². The highest BCUT2D eigenvalue weighted by molar-refractivity contribution is 5.79. The Hall–Kier alpha value is -0.830. The van der Waals surface area contributed by atoms with Crippen molar-refractivity contribution in [1.29, 1.82) is 0 Å². The molecule has 3 heteroatoms. The first-order valence-electron chi connectivity index (χ1n) is 5.98. The van der Waals surface area contributed by atoms with Crippen LogP contribution >= 0.6 is 0 Å². The van der Waals surface area contributed by atoms with Crippen LogP contribution in [0.1, 0.15) is 19.8 Å². The van der Waals surface area contributed by atoms with E-state index in [1.54, 1.807) is 0 Å². The molecule has 0 spiro atoms. The van der Waals surface area contributed by atoms with Crippen molar-refractivity contribution in [3.8, 4) is 0 Å². The third-order valence-electron chi connectivity index (χ3n) is 3.47. The van der Waals surface area contributed by atoms with Gasteiger partial charge in [-0.1, -0.05) is 19.1 Å². The number of rotatable bonds is 5. The van der Waals surface area contributed by atoms with Crippen molar-refractivity contribution >= 4 is 5.91 Å². The van der Waals surface area contributed by atoms with Crippen molar-refractivity contribution in [2.75, 3.05) is 19.6 Å². The third-order valence-corrected chi connectivity index (χ3v) is 3.47. The number of carbonyl (C=O) groups is 1. The highest BCUT2D eigenvalue weighted by Crippen LogP contribution is 2.43. The van der Waals surface area contributed by atoms with Gasteiger partial charge in [-0.05, 0) is 31.2 Å². The lowest BCUT2D eigenvalue weighted by Crippen LogP contribution is -2.37. The molecule has 0 aromatic carbocycles. The van der Waals surface area contributed by atoms with E-state index in [-0.39, 0.29) is 11.8 Å². The van der Waals surface area contributed by atoms with Crippen LogP contribution < -0.4 is 10.6 Å². The van der Waals surface area contributed by atoms with Gasteiger partial charge in [-0.25, -0.2) is 0 Å². The zero-order valence-electron chi connectivity index (χ0n) is 9.33. The standard InChI is InChI=1S/C12H20N2O/c1-2-13-5-6-14-12(15)11-8-9-3-4-10(11)7-9/h3-4,9-11,13H,2,5-8H2,1H3,(H,14,15). The summed E-state index contributed by atoms with van der Waals surface area (Å²) >= 11 is 0. The van der Waals surface area contributed by atoms with Gasteiger partial charge in [0.05, 0.1) is 0 Å². The van der Waals surface area contributed by atoms with Gasteiger partial charge in [-0.2, -0.15) is 0 Å². The molecule has 2 aliphatic carbocycles. The monoisotopic (exact) mass is 208 g/mol. The summed E-state index contributed by atoms with van der Waals surface area (Å²) in [4.78, 5) is 11.8. The molecular weight excluding hydrogens is 188 g/mol. The maximum Gasteiger partial charge on any atom is 0.223 e. The first-order valence-corrected chi connectivity index (χ1v) is 5.98. The van der Waals surface area contributed by atoms with Crippen LogP contribution in [0, 0.1) is 17.8 Å². The van der Waals surface area contributed by atoms with Gasteiger partial charge in [-0.3, -0.25) is 4.79 Å². The number of amides is 1. The van der Waals surface area contributed by atoms with Gasteiger partial charge in [0, 0.05) is 19.0 Å². The number of hydrogen-bond acceptors (Lipinski definition) is 2. The first kappa shape index (κ1) is 10.7. The maximum absolute atomic E-state index is 11.8. The molecule has 15 heavy (non-hydrogen) atoms. The van der Waals surface area contributed by atoms with Crippen molar-refractivity contribution in [3.05, 3.63) is 12.2 Å². The molecule has 0 aliphatic heterocycles. The largest absolute Gasteiger partial charge is 0.355 e.